The molecule has 3 amide bonds. The molecule has 2 aromatic carbocycles. The Morgan fingerprint density at radius 1 is 1.00 bits per heavy atom. The number of anilines is 2. The van der Waals surface area contributed by atoms with Crippen LogP contribution in [0.15, 0.2) is 54.7 Å². The lowest BCUT2D eigenvalue weighted by atomic mass is 10.1. The van der Waals surface area contributed by atoms with E-state index < -0.39 is 0 Å². The molecule has 2 saturated heterocycles. The van der Waals surface area contributed by atoms with Gasteiger partial charge in [-0.25, -0.2) is 0 Å². The number of fused-ring (bicyclic) bond motifs is 1. The molecule has 1 aromatic heterocycles. The number of rotatable bonds is 5. The van der Waals surface area contributed by atoms with Gasteiger partial charge >= 0.3 is 0 Å². The summed E-state index contributed by atoms with van der Waals surface area (Å²) in [7, 11) is 0. The third-order valence-electron chi connectivity index (χ3n) is 6.47. The fraction of sp³-hybridized carbons (Fsp3) is 0.308. The van der Waals surface area contributed by atoms with E-state index in [-0.39, 0.29) is 23.6 Å². The van der Waals surface area contributed by atoms with Crippen molar-refractivity contribution in [3.8, 4) is 0 Å². The minimum atomic E-state index is -0.194. The molecule has 34 heavy (non-hydrogen) atoms. The van der Waals surface area contributed by atoms with Crippen molar-refractivity contribution in [2.45, 2.75) is 25.7 Å². The van der Waals surface area contributed by atoms with Gasteiger partial charge in [0.25, 0.3) is 5.91 Å². The van der Waals surface area contributed by atoms with Gasteiger partial charge in [-0.2, -0.15) is 0 Å². The van der Waals surface area contributed by atoms with Crippen LogP contribution in [0.3, 0.4) is 0 Å². The number of benzene rings is 2. The van der Waals surface area contributed by atoms with E-state index in [1.54, 1.807) is 29.3 Å². The molecule has 174 valence electrons. The Labute approximate surface area is 202 Å². The maximum atomic E-state index is 12.7. The van der Waals surface area contributed by atoms with Crippen molar-refractivity contribution in [3.63, 3.8) is 0 Å². The largest absolute Gasteiger partial charge is 0.352 e. The molecular weight excluding hydrogens is 452 g/mol. The number of nitrogens with zero attached hydrogens (tertiary/aromatic N) is 3. The number of hydrogen-bond donors (Lipinski definition) is 1. The van der Waals surface area contributed by atoms with Crippen LogP contribution in [0, 0.1) is 5.92 Å². The zero-order chi connectivity index (χ0) is 23.7. The summed E-state index contributed by atoms with van der Waals surface area (Å²) in [5.74, 6) is 0.0168. The molecule has 1 unspecified atom stereocenters. The highest BCUT2D eigenvalue weighted by Gasteiger charge is 2.31. The van der Waals surface area contributed by atoms with Crippen molar-refractivity contribution in [1.29, 1.82) is 0 Å². The van der Waals surface area contributed by atoms with Crippen LogP contribution in [-0.4, -0.2) is 42.3 Å². The van der Waals surface area contributed by atoms with Gasteiger partial charge in [-0.15, -0.1) is 0 Å². The predicted molar refractivity (Wildman–Crippen MR) is 132 cm³/mol. The number of hydrogen-bond acceptors (Lipinski definition) is 4. The molecule has 5 rings (SSSR count). The maximum Gasteiger partial charge on any atom is 0.251 e. The maximum absolute atomic E-state index is 12.7. The van der Waals surface area contributed by atoms with Crippen molar-refractivity contribution in [1.82, 2.24) is 10.3 Å². The van der Waals surface area contributed by atoms with E-state index in [9.17, 15) is 14.4 Å². The van der Waals surface area contributed by atoms with Gasteiger partial charge in [0.15, 0.2) is 0 Å². The smallest absolute Gasteiger partial charge is 0.251 e. The van der Waals surface area contributed by atoms with E-state index in [2.05, 4.69) is 10.3 Å². The Morgan fingerprint density at radius 2 is 1.76 bits per heavy atom. The summed E-state index contributed by atoms with van der Waals surface area (Å²) >= 11 is 5.97. The molecule has 0 aliphatic carbocycles. The fourth-order valence-electron chi connectivity index (χ4n) is 4.63. The Hall–Kier alpha value is -3.45. The van der Waals surface area contributed by atoms with Crippen molar-refractivity contribution >= 4 is 51.6 Å². The number of piperidine rings is 1. The van der Waals surface area contributed by atoms with Crippen LogP contribution in [-0.2, 0) is 9.59 Å². The molecule has 2 aliphatic rings. The van der Waals surface area contributed by atoms with Gasteiger partial charge < -0.3 is 15.1 Å². The van der Waals surface area contributed by atoms with Crippen LogP contribution in [0.4, 0.5) is 11.4 Å². The molecule has 0 bridgehead atoms. The first-order chi connectivity index (χ1) is 16.5. The lowest BCUT2D eigenvalue weighted by molar-refractivity contribution is -0.119. The second kappa shape index (κ2) is 9.43. The standard InChI is InChI=1S/C26H25ClN4O3/c27-20-12-18-4-5-19(13-23(18)28-15-20)26(34)29-14-17-11-25(33)31(16-17)22-8-6-21(7-9-22)30-10-2-1-3-24(30)32/h4-9,12-13,15,17H,1-3,10-11,14,16H2,(H,29,34). The number of carbonyl (C=O) groups excluding carboxylic acids is 3. The molecule has 1 atom stereocenters. The van der Waals surface area contributed by atoms with Gasteiger partial charge in [0.1, 0.15) is 0 Å². The molecule has 2 fully saturated rings. The zero-order valence-corrected chi connectivity index (χ0v) is 19.4. The molecule has 3 heterocycles. The molecule has 7 nitrogen and oxygen atoms in total. The normalized spacial score (nSPS) is 18.6. The van der Waals surface area contributed by atoms with Crippen molar-refractivity contribution in [2.75, 3.05) is 29.4 Å². The molecule has 0 spiro atoms. The lowest BCUT2D eigenvalue weighted by Gasteiger charge is -2.27. The average Bonchev–Trinajstić information content (AvgIpc) is 3.23. The quantitative estimate of drug-likeness (QED) is 0.598. The van der Waals surface area contributed by atoms with Crippen LogP contribution >= 0.6 is 11.6 Å². The monoisotopic (exact) mass is 476 g/mol. The SMILES string of the molecule is O=C(NCC1CC(=O)N(c2ccc(N3CCCCC3=O)cc2)C1)c1ccc2cc(Cl)cnc2c1. The highest BCUT2D eigenvalue weighted by molar-refractivity contribution is 6.31. The Morgan fingerprint density at radius 3 is 2.53 bits per heavy atom. The van der Waals surface area contributed by atoms with Crippen molar-refractivity contribution in [3.05, 3.63) is 65.3 Å². The number of aromatic nitrogens is 1. The predicted octanol–water partition coefficient (Wildman–Crippen LogP) is 4.19. The molecule has 0 saturated carbocycles. The van der Waals surface area contributed by atoms with Crippen molar-refractivity contribution < 1.29 is 14.4 Å². The third-order valence-corrected chi connectivity index (χ3v) is 6.67. The minimum Gasteiger partial charge on any atom is -0.352 e. The van der Waals surface area contributed by atoms with E-state index in [0.717, 1.165) is 36.1 Å². The third kappa shape index (κ3) is 4.61. The van der Waals surface area contributed by atoms with Gasteiger partial charge in [0.05, 0.1) is 10.5 Å². The van der Waals surface area contributed by atoms with Crippen LogP contribution in [0.1, 0.15) is 36.0 Å². The van der Waals surface area contributed by atoms with E-state index in [4.69, 9.17) is 11.6 Å². The Kier molecular flexibility index (Phi) is 6.20. The summed E-state index contributed by atoms with van der Waals surface area (Å²) < 4.78 is 0. The average molecular weight is 477 g/mol. The summed E-state index contributed by atoms with van der Waals surface area (Å²) in [6.45, 7) is 1.69. The van der Waals surface area contributed by atoms with Crippen molar-refractivity contribution in [2.24, 2.45) is 5.92 Å². The summed E-state index contributed by atoms with van der Waals surface area (Å²) in [6, 6.07) is 14.7. The lowest BCUT2D eigenvalue weighted by Crippen LogP contribution is -2.35. The minimum absolute atomic E-state index is 0.0252. The number of carbonyl (C=O) groups is 3. The van der Waals surface area contributed by atoms with Gasteiger partial charge in [-0.1, -0.05) is 17.7 Å². The Bertz CT molecular complexity index is 1260. The first kappa shape index (κ1) is 22.3. The number of pyridine rings is 1. The number of nitrogens with one attached hydrogen (secondary N) is 1. The zero-order valence-electron chi connectivity index (χ0n) is 18.7. The second-order valence-corrected chi connectivity index (χ2v) is 9.30. The first-order valence-electron chi connectivity index (χ1n) is 11.5. The van der Waals surface area contributed by atoms with Gasteiger partial charge in [0, 0.05) is 66.9 Å². The fourth-order valence-corrected chi connectivity index (χ4v) is 4.80. The first-order valence-corrected chi connectivity index (χ1v) is 11.9. The number of halogens is 1. The molecule has 8 heteroatoms. The molecule has 3 aromatic rings. The van der Waals surface area contributed by atoms with Gasteiger partial charge in [-0.3, -0.25) is 19.4 Å². The van der Waals surface area contributed by atoms with E-state index in [0.29, 0.717) is 42.0 Å². The Balaban J connectivity index is 1.19. The van der Waals surface area contributed by atoms with Gasteiger partial charge in [-0.05, 0) is 55.3 Å². The topological polar surface area (TPSA) is 82.6 Å². The van der Waals surface area contributed by atoms with E-state index >= 15 is 0 Å². The van der Waals surface area contributed by atoms with Crippen LogP contribution < -0.4 is 15.1 Å². The molecule has 2 aliphatic heterocycles. The summed E-state index contributed by atoms with van der Waals surface area (Å²) in [5.41, 5.74) is 2.91. The molecular formula is C26H25ClN4O3. The molecule has 0 radical (unpaired) electrons. The summed E-state index contributed by atoms with van der Waals surface area (Å²) in [6.07, 6.45) is 4.48. The van der Waals surface area contributed by atoms with E-state index in [1.807, 2.05) is 35.2 Å². The van der Waals surface area contributed by atoms with Gasteiger partial charge in [0.2, 0.25) is 11.8 Å². The highest BCUT2D eigenvalue weighted by atomic mass is 35.5. The highest BCUT2D eigenvalue weighted by Crippen LogP contribution is 2.28. The number of amides is 3. The van der Waals surface area contributed by atoms with Crippen LogP contribution in [0.2, 0.25) is 5.02 Å². The van der Waals surface area contributed by atoms with Crippen LogP contribution in [0.5, 0.6) is 0 Å². The van der Waals surface area contributed by atoms with Crippen LogP contribution in [0.25, 0.3) is 10.9 Å². The van der Waals surface area contributed by atoms with E-state index in [1.165, 1.54) is 0 Å². The summed E-state index contributed by atoms with van der Waals surface area (Å²) in [4.78, 5) is 45.3. The summed E-state index contributed by atoms with van der Waals surface area (Å²) in [5, 5.41) is 4.37. The molecule has 1 N–H and O–H groups in total. The second-order valence-electron chi connectivity index (χ2n) is 8.86.